The molecule has 0 spiro atoms. The first-order valence-corrected chi connectivity index (χ1v) is 8.24. The van der Waals surface area contributed by atoms with Crippen molar-refractivity contribution in [2.75, 3.05) is 26.2 Å². The van der Waals surface area contributed by atoms with Gasteiger partial charge in [0.2, 0.25) is 5.91 Å². The Balaban J connectivity index is 1.83. The van der Waals surface area contributed by atoms with Crippen LogP contribution in [0.3, 0.4) is 0 Å². The number of aromatic amines is 1. The Labute approximate surface area is 149 Å². The largest absolute Gasteiger partial charge is 0.346 e. The number of rotatable bonds is 2. The molecule has 3 rings (SSSR count). The van der Waals surface area contributed by atoms with Gasteiger partial charge in [-0.2, -0.15) is 4.98 Å². The number of nitrogens with zero attached hydrogens (tertiary/aromatic N) is 3. The Bertz CT molecular complexity index is 855. The van der Waals surface area contributed by atoms with E-state index in [-0.39, 0.29) is 17.5 Å². The molecule has 0 aliphatic carbocycles. The highest BCUT2D eigenvalue weighted by atomic mass is 35.5. The van der Waals surface area contributed by atoms with Gasteiger partial charge in [-0.15, -0.1) is 0 Å². The van der Waals surface area contributed by atoms with Crippen LogP contribution in [0.2, 0.25) is 5.02 Å². The van der Waals surface area contributed by atoms with Crippen LogP contribution in [0.25, 0.3) is 11.3 Å². The molecular weight excluding hydrogens is 344 g/mol. The SMILES string of the molecule is CC(=O)N1CCN(C(=O)c2cc(-c3ccc(Cl)cc3)nc(=O)[nH]2)CC1. The van der Waals surface area contributed by atoms with Crippen molar-refractivity contribution in [1.29, 1.82) is 0 Å². The zero-order chi connectivity index (χ0) is 18.0. The molecule has 1 fully saturated rings. The first kappa shape index (κ1) is 17.2. The molecule has 1 aromatic heterocycles. The number of hydrogen-bond acceptors (Lipinski definition) is 4. The summed E-state index contributed by atoms with van der Waals surface area (Å²) in [6.07, 6.45) is 0. The van der Waals surface area contributed by atoms with Crippen molar-refractivity contribution in [1.82, 2.24) is 19.8 Å². The van der Waals surface area contributed by atoms with E-state index in [1.807, 2.05) is 0 Å². The summed E-state index contributed by atoms with van der Waals surface area (Å²) in [4.78, 5) is 45.6. The van der Waals surface area contributed by atoms with Crippen LogP contribution in [0.4, 0.5) is 0 Å². The first-order valence-electron chi connectivity index (χ1n) is 7.86. The second kappa shape index (κ2) is 7.06. The fourth-order valence-corrected chi connectivity index (χ4v) is 2.86. The van der Waals surface area contributed by atoms with Crippen molar-refractivity contribution >= 4 is 23.4 Å². The summed E-state index contributed by atoms with van der Waals surface area (Å²) in [6, 6.07) is 8.43. The number of amides is 2. The van der Waals surface area contributed by atoms with E-state index in [2.05, 4.69) is 9.97 Å². The zero-order valence-corrected chi connectivity index (χ0v) is 14.4. The third-order valence-corrected chi connectivity index (χ3v) is 4.38. The number of carbonyl (C=O) groups is 2. The van der Waals surface area contributed by atoms with Gasteiger partial charge in [-0.05, 0) is 18.2 Å². The molecule has 7 nitrogen and oxygen atoms in total. The lowest BCUT2D eigenvalue weighted by Crippen LogP contribution is -2.50. The summed E-state index contributed by atoms with van der Waals surface area (Å²) in [7, 11) is 0. The number of benzene rings is 1. The second-order valence-corrected chi connectivity index (χ2v) is 6.23. The molecule has 130 valence electrons. The third kappa shape index (κ3) is 3.88. The number of nitrogens with one attached hydrogen (secondary N) is 1. The normalized spacial score (nSPS) is 14.5. The lowest BCUT2D eigenvalue weighted by atomic mass is 10.1. The minimum absolute atomic E-state index is 0.00515. The summed E-state index contributed by atoms with van der Waals surface area (Å²) in [6.45, 7) is 3.34. The van der Waals surface area contributed by atoms with Gasteiger partial charge in [0, 0.05) is 43.7 Å². The molecule has 2 heterocycles. The van der Waals surface area contributed by atoms with Crippen LogP contribution in [-0.2, 0) is 4.79 Å². The monoisotopic (exact) mass is 360 g/mol. The number of halogens is 1. The van der Waals surface area contributed by atoms with Gasteiger partial charge >= 0.3 is 5.69 Å². The van der Waals surface area contributed by atoms with E-state index in [1.54, 1.807) is 40.1 Å². The van der Waals surface area contributed by atoms with Crippen molar-refractivity contribution in [3.63, 3.8) is 0 Å². The predicted octanol–water partition coefficient (Wildman–Crippen LogP) is 1.39. The Morgan fingerprint density at radius 3 is 2.28 bits per heavy atom. The molecule has 0 radical (unpaired) electrons. The van der Waals surface area contributed by atoms with Crippen molar-refractivity contribution in [2.45, 2.75) is 6.92 Å². The average Bonchev–Trinajstić information content (AvgIpc) is 2.61. The number of piperazine rings is 1. The van der Waals surface area contributed by atoms with Gasteiger partial charge in [0.25, 0.3) is 5.91 Å². The lowest BCUT2D eigenvalue weighted by Gasteiger charge is -2.34. The molecule has 1 aliphatic rings. The molecule has 1 aromatic carbocycles. The summed E-state index contributed by atoms with van der Waals surface area (Å²) in [5.41, 5.74) is 0.705. The quantitative estimate of drug-likeness (QED) is 0.877. The van der Waals surface area contributed by atoms with E-state index in [0.717, 1.165) is 0 Å². The maximum Gasteiger partial charge on any atom is 0.346 e. The van der Waals surface area contributed by atoms with Crippen LogP contribution in [0.1, 0.15) is 17.4 Å². The highest BCUT2D eigenvalue weighted by molar-refractivity contribution is 6.30. The van der Waals surface area contributed by atoms with E-state index >= 15 is 0 Å². The van der Waals surface area contributed by atoms with E-state index < -0.39 is 5.69 Å². The molecule has 8 heteroatoms. The topological polar surface area (TPSA) is 86.4 Å². The van der Waals surface area contributed by atoms with Crippen LogP contribution in [0.15, 0.2) is 35.1 Å². The van der Waals surface area contributed by atoms with Crippen LogP contribution in [-0.4, -0.2) is 57.8 Å². The minimum Gasteiger partial charge on any atom is -0.339 e. The molecule has 1 saturated heterocycles. The lowest BCUT2D eigenvalue weighted by molar-refractivity contribution is -0.130. The first-order chi connectivity index (χ1) is 11.9. The van der Waals surface area contributed by atoms with Crippen LogP contribution < -0.4 is 5.69 Å². The second-order valence-electron chi connectivity index (χ2n) is 5.79. The molecule has 0 atom stereocenters. The molecule has 0 bridgehead atoms. The van der Waals surface area contributed by atoms with E-state index in [4.69, 9.17) is 11.6 Å². The standard InChI is InChI=1S/C17H17ClN4O3/c1-11(23)21-6-8-22(9-7-21)16(24)15-10-14(19-17(25)20-15)12-2-4-13(18)5-3-12/h2-5,10H,6-9H2,1H3,(H,19,20,25). The maximum absolute atomic E-state index is 12.7. The number of H-pyrrole nitrogens is 1. The molecule has 2 aromatic rings. The number of aromatic nitrogens is 2. The molecule has 2 amide bonds. The van der Waals surface area contributed by atoms with E-state index in [9.17, 15) is 14.4 Å². The fourth-order valence-electron chi connectivity index (χ4n) is 2.74. The maximum atomic E-state index is 12.7. The summed E-state index contributed by atoms with van der Waals surface area (Å²) in [5, 5.41) is 0.577. The van der Waals surface area contributed by atoms with E-state index in [0.29, 0.717) is 42.5 Å². The highest BCUT2D eigenvalue weighted by Crippen LogP contribution is 2.19. The Morgan fingerprint density at radius 2 is 1.68 bits per heavy atom. The number of hydrogen-bond donors (Lipinski definition) is 1. The smallest absolute Gasteiger partial charge is 0.339 e. The summed E-state index contributed by atoms with van der Waals surface area (Å²) < 4.78 is 0. The minimum atomic E-state index is -0.585. The van der Waals surface area contributed by atoms with Gasteiger partial charge < -0.3 is 14.8 Å². The average molecular weight is 361 g/mol. The van der Waals surface area contributed by atoms with Crippen LogP contribution >= 0.6 is 11.6 Å². The van der Waals surface area contributed by atoms with Crippen LogP contribution in [0.5, 0.6) is 0 Å². The number of carbonyl (C=O) groups excluding carboxylic acids is 2. The summed E-state index contributed by atoms with van der Waals surface area (Å²) >= 11 is 5.87. The van der Waals surface area contributed by atoms with E-state index in [1.165, 1.54) is 6.92 Å². The van der Waals surface area contributed by atoms with Crippen molar-refractivity contribution < 1.29 is 9.59 Å². The molecular formula is C17H17ClN4O3. The zero-order valence-electron chi connectivity index (χ0n) is 13.7. The van der Waals surface area contributed by atoms with Crippen LogP contribution in [0, 0.1) is 0 Å². The highest BCUT2D eigenvalue weighted by Gasteiger charge is 2.24. The third-order valence-electron chi connectivity index (χ3n) is 4.13. The summed E-state index contributed by atoms with van der Waals surface area (Å²) in [5.74, 6) is -0.285. The Hall–Kier alpha value is -2.67. The Kier molecular flexibility index (Phi) is 4.85. The van der Waals surface area contributed by atoms with Gasteiger partial charge in [0.15, 0.2) is 0 Å². The van der Waals surface area contributed by atoms with Crippen molar-refractivity contribution in [3.05, 3.63) is 51.5 Å². The van der Waals surface area contributed by atoms with Crippen molar-refractivity contribution in [2.24, 2.45) is 0 Å². The van der Waals surface area contributed by atoms with Gasteiger partial charge in [-0.3, -0.25) is 9.59 Å². The van der Waals surface area contributed by atoms with Gasteiger partial charge in [0.1, 0.15) is 5.69 Å². The Morgan fingerprint density at radius 1 is 1.08 bits per heavy atom. The molecule has 1 N–H and O–H groups in total. The van der Waals surface area contributed by atoms with Gasteiger partial charge in [-0.1, -0.05) is 23.7 Å². The molecule has 0 saturated carbocycles. The fraction of sp³-hybridized carbons (Fsp3) is 0.294. The molecule has 0 unspecified atom stereocenters. The van der Waals surface area contributed by atoms with Gasteiger partial charge in [0.05, 0.1) is 5.69 Å². The van der Waals surface area contributed by atoms with Crippen molar-refractivity contribution in [3.8, 4) is 11.3 Å². The predicted molar refractivity (Wildman–Crippen MR) is 93.5 cm³/mol. The molecule has 25 heavy (non-hydrogen) atoms. The molecule has 1 aliphatic heterocycles. The van der Waals surface area contributed by atoms with Gasteiger partial charge in [-0.25, -0.2) is 4.79 Å².